The van der Waals surface area contributed by atoms with Gasteiger partial charge in [-0.25, -0.2) is 0 Å². The topological polar surface area (TPSA) is 17.1 Å². The average molecular weight is 239 g/mol. The highest BCUT2D eigenvalue weighted by Gasteiger charge is 2.09. The molecule has 0 fully saturated rings. The maximum atomic E-state index is 10.7. The molecule has 0 spiro atoms. The molecule has 0 unspecified atom stereocenters. The van der Waals surface area contributed by atoms with E-state index in [2.05, 4.69) is 0 Å². The van der Waals surface area contributed by atoms with Crippen molar-refractivity contribution >= 4 is 51.7 Å². The largest absolute Gasteiger partial charge is 0.285 e. The van der Waals surface area contributed by atoms with Crippen LogP contribution in [0.1, 0.15) is 6.92 Å². The highest BCUT2D eigenvalue weighted by atomic mass is 35.9. The summed E-state index contributed by atoms with van der Waals surface area (Å²) in [5.74, 6) is -1.14. The number of halogens is 3. The normalized spacial score (nSPS) is 13.8. The molecule has 10 heavy (non-hydrogen) atoms. The van der Waals surface area contributed by atoms with Crippen molar-refractivity contribution in [1.82, 2.24) is 0 Å². The predicted molar refractivity (Wildman–Crippen MR) is 51.4 cm³/mol. The third kappa shape index (κ3) is 7.30. The minimum absolute atomic E-state index is 0.385. The maximum absolute atomic E-state index is 10.7. The molecule has 1 nitrogen and oxygen atoms in total. The van der Waals surface area contributed by atoms with Crippen LogP contribution in [0.15, 0.2) is 10.2 Å². The number of hydrogen-bond acceptors (Lipinski definition) is 2. The molecule has 6 heteroatoms. The van der Waals surface area contributed by atoms with E-state index < -0.39 is 5.85 Å². The first-order valence-corrected chi connectivity index (χ1v) is 7.41. The lowest BCUT2D eigenvalue weighted by Gasteiger charge is -1.94. The Labute approximate surface area is 79.1 Å². The van der Waals surface area contributed by atoms with Crippen molar-refractivity contribution in [3.8, 4) is 0 Å². The van der Waals surface area contributed by atoms with Crippen LogP contribution in [0.4, 0.5) is 0 Å². The monoisotopic (exact) mass is 238 g/mol. The minimum atomic E-state index is -3.12. The lowest BCUT2D eigenvalue weighted by atomic mass is 11.0. The second-order valence-corrected chi connectivity index (χ2v) is 8.10. The van der Waals surface area contributed by atoms with Crippen LogP contribution in [0.5, 0.6) is 0 Å². The third-order valence-electron chi connectivity index (χ3n) is 0.534. The zero-order valence-corrected chi connectivity index (χ0v) is 9.16. The molecule has 0 radical (unpaired) electrons. The van der Waals surface area contributed by atoms with Gasteiger partial charge in [0.05, 0.1) is 4.36 Å². The Balaban J connectivity index is 4.04. The van der Waals surface area contributed by atoms with Crippen molar-refractivity contribution in [3.05, 3.63) is 10.2 Å². The van der Waals surface area contributed by atoms with Crippen LogP contribution in [-0.4, -0.2) is 5.75 Å². The van der Waals surface area contributed by atoms with Gasteiger partial charge < -0.3 is 0 Å². The molecule has 0 saturated heterocycles. The van der Waals surface area contributed by atoms with Crippen molar-refractivity contribution < 1.29 is 4.57 Å². The number of rotatable bonds is 3. The van der Waals surface area contributed by atoms with Crippen LogP contribution < -0.4 is 0 Å². The summed E-state index contributed by atoms with van der Waals surface area (Å²) in [6.45, 7) is 1.92. The molecule has 0 aromatic rings. The first-order chi connectivity index (χ1) is 4.45. The fourth-order valence-corrected chi connectivity index (χ4v) is 3.52. The molecule has 0 aromatic carbocycles. The predicted octanol–water partition coefficient (Wildman–Crippen LogP) is 4.45. The van der Waals surface area contributed by atoms with Crippen LogP contribution in [0.25, 0.3) is 0 Å². The molecular weight excluding hydrogens is 233 g/mol. The highest BCUT2D eigenvalue weighted by molar-refractivity contribution is 8.12. The zero-order valence-electron chi connectivity index (χ0n) is 5.18. The standard InChI is InChI=1S/C4H6Cl3OPS/c1-2-10-4(5)3-9(6,7)8/h3H,2H2,1H3/b4-3-. The summed E-state index contributed by atoms with van der Waals surface area (Å²) < 4.78 is 11.0. The van der Waals surface area contributed by atoms with Crippen LogP contribution in [0.3, 0.4) is 0 Å². The summed E-state index contributed by atoms with van der Waals surface area (Å²) in [5.41, 5.74) is 0. The van der Waals surface area contributed by atoms with Crippen molar-refractivity contribution in [2.24, 2.45) is 0 Å². The van der Waals surface area contributed by atoms with E-state index in [1.165, 1.54) is 17.6 Å². The van der Waals surface area contributed by atoms with Gasteiger partial charge in [0.25, 0.3) is 5.85 Å². The fourth-order valence-electron chi connectivity index (χ4n) is 0.293. The van der Waals surface area contributed by atoms with E-state index in [-0.39, 0.29) is 0 Å². The molecule has 0 rings (SSSR count). The van der Waals surface area contributed by atoms with E-state index in [1.54, 1.807) is 0 Å². The van der Waals surface area contributed by atoms with Gasteiger partial charge in [0.2, 0.25) is 0 Å². The molecule has 0 atom stereocenters. The zero-order chi connectivity index (χ0) is 8.20. The first kappa shape index (κ1) is 11.2. The van der Waals surface area contributed by atoms with Gasteiger partial charge in [-0.15, -0.1) is 11.8 Å². The van der Waals surface area contributed by atoms with Gasteiger partial charge in [-0.2, -0.15) is 0 Å². The van der Waals surface area contributed by atoms with E-state index in [4.69, 9.17) is 34.1 Å². The number of thioether (sulfide) groups is 1. The smallest absolute Gasteiger partial charge is 0.276 e. The van der Waals surface area contributed by atoms with E-state index in [9.17, 15) is 4.57 Å². The average Bonchev–Trinajstić information content (AvgIpc) is 1.59. The fraction of sp³-hybridized carbons (Fsp3) is 0.500. The van der Waals surface area contributed by atoms with E-state index in [0.29, 0.717) is 4.36 Å². The molecule has 0 aliphatic carbocycles. The van der Waals surface area contributed by atoms with Crippen LogP contribution in [-0.2, 0) is 4.57 Å². The Kier molecular flexibility index (Phi) is 5.54. The van der Waals surface area contributed by atoms with E-state index >= 15 is 0 Å². The molecule has 0 bridgehead atoms. The minimum Gasteiger partial charge on any atom is -0.285 e. The maximum Gasteiger partial charge on any atom is 0.276 e. The summed E-state index contributed by atoms with van der Waals surface area (Å²) in [4.78, 5) is 0. The molecule has 0 amide bonds. The molecular formula is C4H6Cl3OPS. The Morgan fingerprint density at radius 1 is 1.70 bits per heavy atom. The van der Waals surface area contributed by atoms with Gasteiger partial charge in [0, 0.05) is 5.82 Å². The summed E-state index contributed by atoms with van der Waals surface area (Å²) in [6.07, 6.45) is 0. The molecule has 0 saturated carbocycles. The molecule has 60 valence electrons. The molecule has 0 aliphatic heterocycles. The summed E-state index contributed by atoms with van der Waals surface area (Å²) in [5, 5.41) is 0. The Bertz CT molecular complexity index is 175. The Morgan fingerprint density at radius 2 is 2.20 bits per heavy atom. The Morgan fingerprint density at radius 3 is 2.50 bits per heavy atom. The van der Waals surface area contributed by atoms with Gasteiger partial charge in [0.1, 0.15) is 0 Å². The van der Waals surface area contributed by atoms with Crippen molar-refractivity contribution in [2.75, 3.05) is 5.75 Å². The van der Waals surface area contributed by atoms with Crippen molar-refractivity contribution in [1.29, 1.82) is 0 Å². The highest BCUT2D eigenvalue weighted by Crippen LogP contribution is 2.59. The second-order valence-electron chi connectivity index (χ2n) is 1.37. The summed E-state index contributed by atoms with van der Waals surface area (Å²) >= 11 is 17.3. The van der Waals surface area contributed by atoms with Gasteiger partial charge in [-0.1, -0.05) is 18.5 Å². The van der Waals surface area contributed by atoms with Gasteiger partial charge in [-0.3, -0.25) is 4.57 Å². The Hall–Kier alpha value is 1.19. The lowest BCUT2D eigenvalue weighted by Crippen LogP contribution is -1.64. The molecule has 0 aromatic heterocycles. The second kappa shape index (κ2) is 4.95. The van der Waals surface area contributed by atoms with Gasteiger partial charge in [-0.05, 0) is 28.2 Å². The summed E-state index contributed by atoms with van der Waals surface area (Å²) in [7, 11) is 0. The SMILES string of the molecule is CCS/C(Cl)=C\P(=O)(Cl)Cl. The van der Waals surface area contributed by atoms with Crippen molar-refractivity contribution in [2.45, 2.75) is 6.92 Å². The lowest BCUT2D eigenvalue weighted by molar-refractivity contribution is 0.597. The molecule has 0 heterocycles. The van der Waals surface area contributed by atoms with Crippen LogP contribution >= 0.6 is 51.7 Å². The quantitative estimate of drug-likeness (QED) is 0.677. The number of hydrogen-bond donors (Lipinski definition) is 0. The molecule has 0 N–H and O–H groups in total. The first-order valence-electron chi connectivity index (χ1n) is 2.46. The summed E-state index contributed by atoms with van der Waals surface area (Å²) in [6, 6.07) is 0. The van der Waals surface area contributed by atoms with E-state index in [0.717, 1.165) is 5.75 Å². The van der Waals surface area contributed by atoms with Crippen LogP contribution in [0, 0.1) is 0 Å². The van der Waals surface area contributed by atoms with Gasteiger partial charge in [0.15, 0.2) is 0 Å². The molecule has 0 aliphatic rings. The van der Waals surface area contributed by atoms with Gasteiger partial charge >= 0.3 is 0 Å². The third-order valence-corrected chi connectivity index (χ3v) is 3.12. The van der Waals surface area contributed by atoms with E-state index in [1.807, 2.05) is 6.92 Å². The van der Waals surface area contributed by atoms with Crippen molar-refractivity contribution in [3.63, 3.8) is 0 Å². The van der Waals surface area contributed by atoms with Crippen LogP contribution in [0.2, 0.25) is 0 Å².